The molecule has 8 heteroatoms. The zero-order chi connectivity index (χ0) is 19.8. The van der Waals surface area contributed by atoms with Gasteiger partial charge in [-0.2, -0.15) is 4.68 Å². The Balaban J connectivity index is 1.54. The fraction of sp³-hybridized carbons (Fsp3) is 0.238. The monoisotopic (exact) mass is 407 g/mol. The molecule has 0 amide bonds. The van der Waals surface area contributed by atoms with Crippen molar-refractivity contribution in [2.24, 2.45) is 0 Å². The summed E-state index contributed by atoms with van der Waals surface area (Å²) in [5.74, 6) is 1.36. The molecular weight excluding hydrogens is 390 g/mol. The molecule has 1 N–H and O–H groups in total. The molecule has 3 aromatic rings. The number of aromatic nitrogens is 4. The number of Topliss-reactive ketones (excluding diaryl/α,β-unsaturated/α-hetero) is 1. The lowest BCUT2D eigenvalue weighted by molar-refractivity contribution is -0.116. The van der Waals surface area contributed by atoms with Crippen LogP contribution in [0.15, 0.2) is 59.8 Å². The number of fused-ring (bicyclic) bond motifs is 1. The molecule has 2 aliphatic rings. The van der Waals surface area contributed by atoms with Crippen LogP contribution in [0, 0.1) is 0 Å². The number of hydrogen-bond acceptors (Lipinski definition) is 6. The van der Waals surface area contributed by atoms with Crippen molar-refractivity contribution in [1.29, 1.82) is 0 Å². The van der Waals surface area contributed by atoms with Crippen LogP contribution in [-0.2, 0) is 11.4 Å². The van der Waals surface area contributed by atoms with Crippen LogP contribution in [0.5, 0.6) is 5.75 Å². The maximum absolute atomic E-state index is 12.8. The molecule has 0 bridgehead atoms. The second kappa shape index (κ2) is 7.33. The minimum Gasteiger partial charge on any atom is -0.489 e. The molecule has 1 atom stereocenters. The normalized spacial score (nSPS) is 18.1. The Morgan fingerprint density at radius 3 is 2.83 bits per heavy atom. The first-order valence-corrected chi connectivity index (χ1v) is 9.86. The Morgan fingerprint density at radius 2 is 1.97 bits per heavy atom. The largest absolute Gasteiger partial charge is 0.489 e. The fourth-order valence-corrected chi connectivity index (χ4v) is 4.01. The van der Waals surface area contributed by atoms with Crippen molar-refractivity contribution in [3.8, 4) is 5.75 Å². The maximum atomic E-state index is 12.8. The van der Waals surface area contributed by atoms with Crippen molar-refractivity contribution in [2.75, 3.05) is 5.32 Å². The van der Waals surface area contributed by atoms with Crippen molar-refractivity contribution in [1.82, 2.24) is 20.2 Å². The predicted molar refractivity (Wildman–Crippen MR) is 108 cm³/mol. The maximum Gasteiger partial charge on any atom is 0.248 e. The molecule has 1 aliphatic carbocycles. The number of anilines is 1. The number of benzene rings is 2. The third kappa shape index (κ3) is 3.27. The fourth-order valence-electron chi connectivity index (χ4n) is 3.88. The Labute approximate surface area is 172 Å². The van der Waals surface area contributed by atoms with E-state index in [2.05, 4.69) is 20.8 Å². The smallest absolute Gasteiger partial charge is 0.248 e. The van der Waals surface area contributed by atoms with Gasteiger partial charge in [0.2, 0.25) is 5.95 Å². The molecule has 1 unspecified atom stereocenters. The van der Waals surface area contributed by atoms with Gasteiger partial charge in [-0.25, -0.2) is 0 Å². The zero-order valence-corrected chi connectivity index (χ0v) is 16.3. The quantitative estimate of drug-likeness (QED) is 0.705. The number of nitrogens with zero attached hydrogens (tertiary/aromatic N) is 4. The van der Waals surface area contributed by atoms with Crippen LogP contribution in [0.4, 0.5) is 5.95 Å². The summed E-state index contributed by atoms with van der Waals surface area (Å²) in [6.07, 6.45) is 2.16. The van der Waals surface area contributed by atoms with E-state index in [1.54, 1.807) is 4.68 Å². The summed E-state index contributed by atoms with van der Waals surface area (Å²) in [5.41, 5.74) is 3.49. The second-order valence-corrected chi connectivity index (χ2v) is 7.53. The molecule has 0 fully saturated rings. The highest BCUT2D eigenvalue weighted by molar-refractivity contribution is 6.30. The van der Waals surface area contributed by atoms with Gasteiger partial charge in [0.25, 0.3) is 0 Å². The van der Waals surface area contributed by atoms with Gasteiger partial charge in [-0.15, -0.1) is 0 Å². The van der Waals surface area contributed by atoms with E-state index in [9.17, 15) is 4.79 Å². The lowest BCUT2D eigenvalue weighted by atomic mass is 9.85. The van der Waals surface area contributed by atoms with Gasteiger partial charge >= 0.3 is 0 Å². The van der Waals surface area contributed by atoms with Crippen molar-refractivity contribution < 1.29 is 9.53 Å². The number of allylic oxidation sites excluding steroid dienone is 2. The topological polar surface area (TPSA) is 81.9 Å². The van der Waals surface area contributed by atoms with Crippen LogP contribution in [0.1, 0.15) is 36.4 Å². The van der Waals surface area contributed by atoms with Crippen molar-refractivity contribution in [3.63, 3.8) is 0 Å². The van der Waals surface area contributed by atoms with Crippen LogP contribution in [0.3, 0.4) is 0 Å². The molecule has 0 saturated heterocycles. The summed E-state index contributed by atoms with van der Waals surface area (Å²) >= 11 is 5.97. The lowest BCUT2D eigenvalue weighted by Gasteiger charge is -2.32. The minimum atomic E-state index is -0.412. The summed E-state index contributed by atoms with van der Waals surface area (Å²) in [6, 6.07) is 14.8. The Bertz CT molecular complexity index is 1110. The van der Waals surface area contributed by atoms with E-state index in [4.69, 9.17) is 16.3 Å². The van der Waals surface area contributed by atoms with E-state index in [1.165, 1.54) is 0 Å². The molecule has 1 aromatic heterocycles. The van der Waals surface area contributed by atoms with E-state index in [1.807, 2.05) is 48.5 Å². The van der Waals surface area contributed by atoms with Crippen molar-refractivity contribution in [2.45, 2.75) is 31.9 Å². The molecule has 1 aliphatic heterocycles. The summed E-state index contributed by atoms with van der Waals surface area (Å²) in [6.45, 7) is 0.390. The van der Waals surface area contributed by atoms with E-state index in [0.717, 1.165) is 35.2 Å². The van der Waals surface area contributed by atoms with Crippen LogP contribution in [0.25, 0.3) is 0 Å². The zero-order valence-electron chi connectivity index (χ0n) is 15.5. The third-order valence-electron chi connectivity index (χ3n) is 5.25. The molecule has 0 radical (unpaired) electrons. The number of nitrogens with one attached hydrogen (secondary N) is 1. The molecule has 7 nitrogen and oxygen atoms in total. The summed E-state index contributed by atoms with van der Waals surface area (Å²) in [7, 11) is 0. The Hall–Kier alpha value is -3.19. The molecule has 5 rings (SSSR count). The summed E-state index contributed by atoms with van der Waals surface area (Å²) in [4.78, 5) is 12.8. The van der Waals surface area contributed by atoms with E-state index < -0.39 is 6.04 Å². The molecule has 0 saturated carbocycles. The molecular formula is C21H18ClN5O2. The molecule has 2 heterocycles. The van der Waals surface area contributed by atoms with Gasteiger partial charge in [0, 0.05) is 28.3 Å². The standard InChI is InChI=1S/C21H18ClN5O2/c22-14-10-8-13(9-11-14)12-29-18-7-2-1-4-15(18)20-19-16(5-3-6-17(19)28)23-21-24-25-26-27(20)21/h1-2,4,7-11,20H,3,5-6,12H2,(H,23,24,26). The first-order chi connectivity index (χ1) is 14.2. The van der Waals surface area contributed by atoms with Crippen LogP contribution in [-0.4, -0.2) is 26.0 Å². The highest BCUT2D eigenvalue weighted by atomic mass is 35.5. The SMILES string of the molecule is O=C1CCCC2=C1C(c1ccccc1OCc1ccc(Cl)cc1)n1nnnc1N2. The van der Waals surface area contributed by atoms with E-state index in [0.29, 0.717) is 29.7 Å². The Kier molecular flexibility index (Phi) is 4.52. The van der Waals surface area contributed by atoms with Crippen LogP contribution in [0.2, 0.25) is 5.02 Å². The van der Waals surface area contributed by atoms with Crippen LogP contribution >= 0.6 is 11.6 Å². The highest BCUT2D eigenvalue weighted by Gasteiger charge is 2.37. The Morgan fingerprint density at radius 1 is 1.14 bits per heavy atom. The number of para-hydroxylation sites is 1. The number of tetrazole rings is 1. The minimum absolute atomic E-state index is 0.123. The second-order valence-electron chi connectivity index (χ2n) is 7.10. The van der Waals surface area contributed by atoms with Gasteiger partial charge in [-0.3, -0.25) is 4.79 Å². The van der Waals surface area contributed by atoms with Gasteiger partial charge in [-0.05, 0) is 47.0 Å². The van der Waals surface area contributed by atoms with E-state index >= 15 is 0 Å². The highest BCUT2D eigenvalue weighted by Crippen LogP contribution is 2.42. The van der Waals surface area contributed by atoms with Gasteiger partial charge in [0.1, 0.15) is 18.4 Å². The number of ether oxygens (including phenoxy) is 1. The van der Waals surface area contributed by atoms with Gasteiger partial charge in [0.15, 0.2) is 5.78 Å². The average molecular weight is 408 g/mol. The van der Waals surface area contributed by atoms with Gasteiger partial charge in [-0.1, -0.05) is 47.0 Å². The van der Waals surface area contributed by atoms with Gasteiger partial charge in [0.05, 0.1) is 0 Å². The molecule has 2 aromatic carbocycles. The number of hydrogen-bond donors (Lipinski definition) is 1. The number of carbonyl (C=O) groups is 1. The number of carbonyl (C=O) groups excluding carboxylic acids is 1. The summed E-state index contributed by atoms with van der Waals surface area (Å²) in [5, 5.41) is 15.9. The first kappa shape index (κ1) is 17.9. The molecule has 29 heavy (non-hydrogen) atoms. The lowest BCUT2D eigenvalue weighted by Crippen LogP contribution is -2.31. The first-order valence-electron chi connectivity index (χ1n) is 9.48. The predicted octanol–water partition coefficient (Wildman–Crippen LogP) is 3.93. The molecule has 146 valence electrons. The number of halogens is 1. The third-order valence-corrected chi connectivity index (χ3v) is 5.50. The average Bonchev–Trinajstić information content (AvgIpc) is 3.21. The summed E-state index contributed by atoms with van der Waals surface area (Å²) < 4.78 is 7.80. The molecule has 0 spiro atoms. The number of ketones is 1. The number of rotatable bonds is 4. The van der Waals surface area contributed by atoms with Crippen LogP contribution < -0.4 is 10.1 Å². The van der Waals surface area contributed by atoms with Gasteiger partial charge < -0.3 is 10.1 Å². The van der Waals surface area contributed by atoms with Crippen molar-refractivity contribution in [3.05, 3.63) is 76.0 Å². The van der Waals surface area contributed by atoms with Crippen molar-refractivity contribution >= 4 is 23.3 Å². The van der Waals surface area contributed by atoms with E-state index in [-0.39, 0.29) is 5.78 Å².